The third-order valence-electron chi connectivity index (χ3n) is 8.85. The molecule has 0 radical (unpaired) electrons. The number of ether oxygens (including phenoxy) is 1. The third kappa shape index (κ3) is 5.96. The maximum absolute atomic E-state index is 13.3. The summed E-state index contributed by atoms with van der Waals surface area (Å²) in [5.41, 5.74) is 6.95. The molecule has 3 saturated heterocycles. The van der Waals surface area contributed by atoms with Crippen LogP contribution in [0.25, 0.3) is 0 Å². The van der Waals surface area contributed by atoms with Gasteiger partial charge in [-0.3, -0.25) is 15.0 Å². The van der Waals surface area contributed by atoms with E-state index in [1.807, 2.05) is 0 Å². The van der Waals surface area contributed by atoms with Crippen LogP contribution in [-0.4, -0.2) is 85.6 Å². The lowest BCUT2D eigenvalue weighted by Crippen LogP contribution is -2.58. The second-order valence-electron chi connectivity index (χ2n) is 11.0. The van der Waals surface area contributed by atoms with Crippen LogP contribution in [-0.2, 0) is 9.53 Å². The molecule has 5 rings (SSSR count). The highest BCUT2D eigenvalue weighted by Gasteiger charge is 2.40. The van der Waals surface area contributed by atoms with E-state index in [0.717, 1.165) is 77.7 Å². The first-order chi connectivity index (χ1) is 16.6. The van der Waals surface area contributed by atoms with Crippen LogP contribution in [0.3, 0.4) is 0 Å². The number of nitrogens with one attached hydrogen (secondary N) is 6. The Kier molecular flexibility index (Phi) is 8.80. The Hall–Kier alpha value is -0.330. The molecule has 0 aromatic rings. The van der Waals surface area contributed by atoms with Crippen molar-refractivity contribution < 1.29 is 9.53 Å². The van der Waals surface area contributed by atoms with Gasteiger partial charge in [0.2, 0.25) is 5.91 Å². The summed E-state index contributed by atoms with van der Waals surface area (Å²) in [5.74, 6) is 0.839. The van der Waals surface area contributed by atoms with Gasteiger partial charge in [0.1, 0.15) is 0 Å². The second kappa shape index (κ2) is 11.8. The van der Waals surface area contributed by atoms with Crippen LogP contribution in [0.15, 0.2) is 0 Å². The van der Waals surface area contributed by atoms with E-state index in [9.17, 15) is 4.79 Å². The Morgan fingerprint density at radius 3 is 2.88 bits per heavy atom. The molecule has 0 bridgehead atoms. The zero-order valence-corrected chi connectivity index (χ0v) is 22.1. The van der Waals surface area contributed by atoms with Gasteiger partial charge in [0.25, 0.3) is 0 Å². The average Bonchev–Trinajstić information content (AvgIpc) is 3.24. The van der Waals surface area contributed by atoms with Crippen LogP contribution < -0.4 is 32.1 Å². The zero-order chi connectivity index (χ0) is 23.5. The Morgan fingerprint density at radius 1 is 1.12 bits per heavy atom. The minimum Gasteiger partial charge on any atom is -0.378 e. The molecule has 9 atom stereocenters. The smallest absolute Gasteiger partial charge is 0.223 e. The zero-order valence-electron chi connectivity index (χ0n) is 20.5. The van der Waals surface area contributed by atoms with Gasteiger partial charge < -0.3 is 20.7 Å². The number of fused-ring (bicyclic) bond motifs is 1. The lowest BCUT2D eigenvalue weighted by molar-refractivity contribution is -0.130. The Labute approximate surface area is 212 Å². The van der Waals surface area contributed by atoms with Crippen molar-refractivity contribution in [3.8, 4) is 0 Å². The van der Waals surface area contributed by atoms with E-state index in [4.69, 9.17) is 4.74 Å². The molecular weight excluding hydrogens is 498 g/mol. The molecule has 8 unspecified atom stereocenters. The molecule has 10 heteroatoms. The molecule has 0 aromatic heterocycles. The standard InChI is InChI=1S/C24H44BrN7O2/c1-32-22(30-31-23(32)20-7-9-26-14-28-20)13-27-17-4-2-3-15(11-17)24(33)29-19-8-10-34-21-6-5-16(25)12-18(19)21/h15-23,26-28,30-31H,2-14H2,1H3,(H,29,33)/t15?,16?,17?,18?,19-,20?,21?,22?,23?/m1/s1. The van der Waals surface area contributed by atoms with Crippen LogP contribution in [0.5, 0.6) is 0 Å². The van der Waals surface area contributed by atoms with E-state index < -0.39 is 0 Å². The average molecular weight is 543 g/mol. The molecule has 3 heterocycles. The van der Waals surface area contributed by atoms with Crippen molar-refractivity contribution in [3.63, 3.8) is 0 Å². The van der Waals surface area contributed by atoms with Gasteiger partial charge in [-0.15, -0.1) is 0 Å². The molecular formula is C24H44BrN7O2. The molecule has 1 amide bonds. The van der Waals surface area contributed by atoms with Gasteiger partial charge in [0.05, 0.1) is 18.4 Å². The van der Waals surface area contributed by atoms with Crippen LogP contribution in [0.4, 0.5) is 0 Å². The monoisotopic (exact) mass is 541 g/mol. The number of nitrogens with zero attached hydrogens (tertiary/aromatic N) is 1. The van der Waals surface area contributed by atoms with E-state index >= 15 is 0 Å². The predicted octanol–water partition coefficient (Wildman–Crippen LogP) is 0.573. The SMILES string of the molecule is CN1C(CNC2CCCC(C(=O)N[C@@H]3CCOC4CCC(Br)CC43)C2)NNC1C1CCNCN1. The fraction of sp³-hybridized carbons (Fsp3) is 0.958. The van der Waals surface area contributed by atoms with Gasteiger partial charge in [-0.05, 0) is 65.0 Å². The van der Waals surface area contributed by atoms with Crippen molar-refractivity contribution in [3.05, 3.63) is 0 Å². The molecule has 5 fully saturated rings. The summed E-state index contributed by atoms with van der Waals surface area (Å²) in [6.07, 6.45) is 10.5. The molecule has 0 aromatic carbocycles. The number of hydrogen-bond acceptors (Lipinski definition) is 8. The van der Waals surface area contributed by atoms with Crippen LogP contribution in [0.1, 0.15) is 57.8 Å². The lowest BCUT2D eigenvalue weighted by Gasteiger charge is -2.43. The van der Waals surface area contributed by atoms with E-state index in [2.05, 4.69) is 60.0 Å². The third-order valence-corrected chi connectivity index (χ3v) is 9.68. The summed E-state index contributed by atoms with van der Waals surface area (Å²) >= 11 is 3.81. The Balaban J connectivity index is 1.08. The van der Waals surface area contributed by atoms with Gasteiger partial charge in [0, 0.05) is 54.6 Å². The molecule has 2 saturated carbocycles. The summed E-state index contributed by atoms with van der Waals surface area (Å²) in [5, 5.41) is 14.2. The van der Waals surface area contributed by atoms with Gasteiger partial charge in [-0.2, -0.15) is 0 Å². The number of rotatable bonds is 6. The van der Waals surface area contributed by atoms with E-state index in [0.29, 0.717) is 35.1 Å². The largest absolute Gasteiger partial charge is 0.378 e. The highest BCUT2D eigenvalue weighted by atomic mass is 79.9. The number of carbonyl (C=O) groups is 1. The number of alkyl halides is 1. The summed E-state index contributed by atoms with van der Waals surface area (Å²) < 4.78 is 6.04. The number of halogens is 1. The summed E-state index contributed by atoms with van der Waals surface area (Å²) in [6, 6.07) is 1.11. The minimum atomic E-state index is 0.120. The molecule has 0 spiro atoms. The highest BCUT2D eigenvalue weighted by molar-refractivity contribution is 9.09. The van der Waals surface area contributed by atoms with E-state index in [1.54, 1.807) is 0 Å². The number of carbonyl (C=O) groups excluding carboxylic acids is 1. The molecule has 194 valence electrons. The maximum atomic E-state index is 13.3. The first-order valence-corrected chi connectivity index (χ1v) is 14.5. The summed E-state index contributed by atoms with van der Waals surface area (Å²) in [6.45, 7) is 3.58. The fourth-order valence-electron chi connectivity index (χ4n) is 6.77. The normalized spacial score (nSPS) is 43.9. The van der Waals surface area contributed by atoms with Gasteiger partial charge >= 0.3 is 0 Å². The first-order valence-electron chi connectivity index (χ1n) is 13.5. The van der Waals surface area contributed by atoms with E-state index in [1.165, 1.54) is 6.42 Å². The number of hydrazine groups is 1. The molecule has 9 nitrogen and oxygen atoms in total. The predicted molar refractivity (Wildman–Crippen MR) is 136 cm³/mol. The summed E-state index contributed by atoms with van der Waals surface area (Å²) in [7, 11) is 2.19. The summed E-state index contributed by atoms with van der Waals surface area (Å²) in [4.78, 5) is 16.2. The topological polar surface area (TPSA) is 102 Å². The van der Waals surface area contributed by atoms with Crippen LogP contribution in [0.2, 0.25) is 0 Å². The van der Waals surface area contributed by atoms with Gasteiger partial charge in [-0.1, -0.05) is 22.4 Å². The van der Waals surface area contributed by atoms with Gasteiger partial charge in [-0.25, -0.2) is 10.9 Å². The molecule has 3 aliphatic heterocycles. The number of likely N-dealkylation sites (N-methyl/N-ethyl adjacent to an activating group) is 1. The molecule has 6 N–H and O–H groups in total. The van der Waals surface area contributed by atoms with E-state index in [-0.39, 0.29) is 24.0 Å². The molecule has 5 aliphatic rings. The first kappa shape index (κ1) is 25.3. The lowest BCUT2D eigenvalue weighted by atomic mass is 9.78. The highest BCUT2D eigenvalue weighted by Crippen LogP contribution is 2.37. The quantitative estimate of drug-likeness (QED) is 0.271. The maximum Gasteiger partial charge on any atom is 0.223 e. The van der Waals surface area contributed by atoms with Crippen molar-refractivity contribution in [2.75, 3.05) is 33.4 Å². The van der Waals surface area contributed by atoms with Crippen LogP contribution >= 0.6 is 15.9 Å². The minimum absolute atomic E-state index is 0.120. The molecule has 34 heavy (non-hydrogen) atoms. The van der Waals surface area contributed by atoms with Crippen molar-refractivity contribution in [2.24, 2.45) is 11.8 Å². The Morgan fingerprint density at radius 2 is 2.03 bits per heavy atom. The van der Waals surface area contributed by atoms with Crippen molar-refractivity contribution in [2.45, 2.75) is 99.2 Å². The number of amides is 1. The van der Waals surface area contributed by atoms with Crippen molar-refractivity contribution in [1.82, 2.24) is 37.0 Å². The Bertz CT molecular complexity index is 682. The second-order valence-corrected chi connectivity index (χ2v) is 12.3. The molecule has 2 aliphatic carbocycles. The van der Waals surface area contributed by atoms with Gasteiger partial charge in [0.15, 0.2) is 0 Å². The van der Waals surface area contributed by atoms with Crippen LogP contribution in [0, 0.1) is 11.8 Å². The van der Waals surface area contributed by atoms with Crippen molar-refractivity contribution in [1.29, 1.82) is 0 Å². The van der Waals surface area contributed by atoms with Crippen molar-refractivity contribution >= 4 is 21.8 Å². The fourth-order valence-corrected chi connectivity index (χ4v) is 7.46. The number of hydrogen-bond donors (Lipinski definition) is 6.